The summed E-state index contributed by atoms with van der Waals surface area (Å²) in [7, 11) is -0.430. The molecule has 4 N–H and O–H groups in total. The normalized spacial score (nSPS) is 17.6. The van der Waals surface area contributed by atoms with E-state index in [0.717, 1.165) is 21.3 Å². The molecule has 0 aliphatic carbocycles. The van der Waals surface area contributed by atoms with Crippen LogP contribution in [-0.4, -0.2) is 38.3 Å². The summed E-state index contributed by atoms with van der Waals surface area (Å²) in [6.45, 7) is 11.8. The molecular weight excluding hydrogens is 399 g/mol. The number of aryl methyl sites for hydroxylation is 2. The molecule has 0 atom stereocenters. The van der Waals surface area contributed by atoms with Gasteiger partial charge in [-0.3, -0.25) is 0 Å². The summed E-state index contributed by atoms with van der Waals surface area (Å²) in [5.74, 6) is 0.582. The maximum atomic E-state index is 5.93. The quantitative estimate of drug-likeness (QED) is 0.666. The largest absolute Gasteiger partial charge is 0.498 e. The smallest absolute Gasteiger partial charge is 0.399 e. The Morgan fingerprint density at radius 2 is 1.35 bits per heavy atom. The average Bonchev–Trinajstić information content (AvgIpc) is 2.72. The number of aromatic nitrogens is 4. The van der Waals surface area contributed by atoms with Crippen LogP contribution in [0.4, 0.5) is 11.9 Å². The molecule has 2 aromatic heterocycles. The van der Waals surface area contributed by atoms with E-state index < -0.39 is 7.12 Å². The highest BCUT2D eigenvalue weighted by molar-refractivity contribution is 9.10. The average molecular weight is 423 g/mol. The zero-order valence-corrected chi connectivity index (χ0v) is 17.5. The van der Waals surface area contributed by atoms with Crippen LogP contribution in [0.25, 0.3) is 0 Å². The van der Waals surface area contributed by atoms with Gasteiger partial charge in [-0.15, -0.1) is 0 Å². The molecule has 3 heterocycles. The highest BCUT2D eigenvalue weighted by Crippen LogP contribution is 2.36. The van der Waals surface area contributed by atoms with Crippen LogP contribution in [0.1, 0.15) is 39.1 Å². The van der Waals surface area contributed by atoms with Gasteiger partial charge in [-0.2, -0.15) is 0 Å². The Labute approximate surface area is 162 Å². The van der Waals surface area contributed by atoms with Crippen molar-refractivity contribution in [1.29, 1.82) is 0 Å². The van der Waals surface area contributed by atoms with Gasteiger partial charge in [0.25, 0.3) is 0 Å². The second-order valence-corrected chi connectivity index (χ2v) is 7.87. The van der Waals surface area contributed by atoms with Gasteiger partial charge in [0, 0.05) is 23.6 Å². The van der Waals surface area contributed by atoms with Crippen LogP contribution in [0.15, 0.2) is 16.9 Å². The predicted molar refractivity (Wildman–Crippen MR) is 106 cm³/mol. The number of hydrogen-bond acceptors (Lipinski definition) is 8. The van der Waals surface area contributed by atoms with Gasteiger partial charge in [0.2, 0.25) is 11.9 Å². The van der Waals surface area contributed by atoms with Crippen LogP contribution in [0.3, 0.4) is 0 Å². The molecule has 1 aliphatic rings. The van der Waals surface area contributed by atoms with Crippen molar-refractivity contribution in [2.75, 3.05) is 11.5 Å². The standard InChI is InChI=1S/C11H18BN3O2.C5H6BrN3/c1-7-8(6-14-9(13)15-7)12-16-10(2,3)11(4,5)17-12;1-3-4(6)2-8-5(7)9-3/h6H,1-5H3,(H2,13,14,15);2H,1H3,(H2,7,8,9). The third kappa shape index (κ3) is 4.49. The first-order chi connectivity index (χ1) is 11.9. The third-order valence-electron chi connectivity index (χ3n) is 4.48. The third-order valence-corrected chi connectivity index (χ3v) is 5.26. The highest BCUT2D eigenvalue weighted by atomic mass is 79.9. The van der Waals surface area contributed by atoms with Gasteiger partial charge >= 0.3 is 7.12 Å². The number of nitrogens with two attached hydrogens (primary N) is 2. The zero-order valence-electron chi connectivity index (χ0n) is 15.9. The molecule has 0 radical (unpaired) electrons. The van der Waals surface area contributed by atoms with Crippen LogP contribution in [0, 0.1) is 13.8 Å². The van der Waals surface area contributed by atoms with Crippen LogP contribution in [0.5, 0.6) is 0 Å². The predicted octanol–water partition coefficient (Wildman–Crippen LogP) is 1.80. The molecule has 1 fully saturated rings. The van der Waals surface area contributed by atoms with E-state index in [1.165, 1.54) is 0 Å². The molecule has 140 valence electrons. The van der Waals surface area contributed by atoms with Crippen molar-refractivity contribution in [3.63, 3.8) is 0 Å². The fraction of sp³-hybridized carbons (Fsp3) is 0.500. The number of nitrogens with zero attached hydrogens (tertiary/aromatic N) is 4. The van der Waals surface area contributed by atoms with Crippen molar-refractivity contribution >= 4 is 40.4 Å². The lowest BCUT2D eigenvalue weighted by Gasteiger charge is -2.32. The Hall–Kier alpha value is -1.78. The molecule has 1 aliphatic heterocycles. The van der Waals surface area contributed by atoms with Gasteiger partial charge in [-0.25, -0.2) is 19.9 Å². The molecule has 2 aromatic rings. The molecule has 3 rings (SSSR count). The lowest BCUT2D eigenvalue weighted by molar-refractivity contribution is 0.00578. The fourth-order valence-corrected chi connectivity index (χ4v) is 2.36. The van der Waals surface area contributed by atoms with Crippen molar-refractivity contribution in [2.24, 2.45) is 0 Å². The first kappa shape index (κ1) is 20.5. The zero-order chi connectivity index (χ0) is 19.7. The fourth-order valence-electron chi connectivity index (χ4n) is 2.17. The maximum Gasteiger partial charge on any atom is 0.498 e. The van der Waals surface area contributed by atoms with Crippen LogP contribution in [0.2, 0.25) is 0 Å². The molecule has 0 unspecified atom stereocenters. The van der Waals surface area contributed by atoms with E-state index in [1.54, 1.807) is 12.4 Å². The summed E-state index contributed by atoms with van der Waals surface area (Å²) in [6.07, 6.45) is 3.30. The summed E-state index contributed by atoms with van der Waals surface area (Å²) in [5, 5.41) is 0. The molecule has 0 amide bonds. The Morgan fingerprint density at radius 3 is 1.77 bits per heavy atom. The first-order valence-corrected chi connectivity index (χ1v) is 8.91. The van der Waals surface area contributed by atoms with Gasteiger partial charge < -0.3 is 20.8 Å². The van der Waals surface area contributed by atoms with E-state index in [0.29, 0.717) is 5.95 Å². The van der Waals surface area contributed by atoms with E-state index in [4.69, 9.17) is 20.8 Å². The molecule has 0 spiro atoms. The molecule has 0 bridgehead atoms. The minimum Gasteiger partial charge on any atom is -0.399 e. The second-order valence-electron chi connectivity index (χ2n) is 7.02. The van der Waals surface area contributed by atoms with Gasteiger partial charge in [0.1, 0.15) is 0 Å². The highest BCUT2D eigenvalue weighted by Gasteiger charge is 2.52. The minimum atomic E-state index is -0.430. The van der Waals surface area contributed by atoms with Crippen molar-refractivity contribution in [3.8, 4) is 0 Å². The number of anilines is 2. The summed E-state index contributed by atoms with van der Waals surface area (Å²) < 4.78 is 12.7. The van der Waals surface area contributed by atoms with E-state index >= 15 is 0 Å². The molecular formula is C16H24BBrN6O2. The number of halogens is 1. The topological polar surface area (TPSA) is 122 Å². The van der Waals surface area contributed by atoms with E-state index in [2.05, 4.69) is 35.9 Å². The summed E-state index contributed by atoms with van der Waals surface area (Å²) in [6, 6.07) is 0. The number of rotatable bonds is 1. The molecule has 0 saturated carbocycles. The van der Waals surface area contributed by atoms with E-state index in [9.17, 15) is 0 Å². The van der Waals surface area contributed by atoms with Crippen LogP contribution < -0.4 is 16.9 Å². The van der Waals surface area contributed by atoms with Gasteiger partial charge in [0.05, 0.1) is 21.4 Å². The SMILES string of the molecule is Cc1nc(N)ncc1B1OC(C)(C)C(C)(C)O1.Cc1nc(N)ncc1Br. The van der Waals surface area contributed by atoms with Gasteiger partial charge in [-0.1, -0.05) is 0 Å². The molecule has 10 heteroatoms. The number of hydrogen-bond donors (Lipinski definition) is 2. The summed E-state index contributed by atoms with van der Waals surface area (Å²) in [4.78, 5) is 15.8. The lowest BCUT2D eigenvalue weighted by Crippen LogP contribution is -2.41. The van der Waals surface area contributed by atoms with Crippen molar-refractivity contribution < 1.29 is 9.31 Å². The van der Waals surface area contributed by atoms with Crippen LogP contribution in [-0.2, 0) is 9.31 Å². The van der Waals surface area contributed by atoms with Gasteiger partial charge in [0.15, 0.2) is 0 Å². The molecule has 0 aromatic carbocycles. The van der Waals surface area contributed by atoms with E-state index in [1.807, 2.05) is 41.5 Å². The monoisotopic (exact) mass is 422 g/mol. The molecule has 8 nitrogen and oxygen atoms in total. The Morgan fingerprint density at radius 1 is 0.885 bits per heavy atom. The lowest BCUT2D eigenvalue weighted by atomic mass is 9.79. The summed E-state index contributed by atoms with van der Waals surface area (Å²) >= 11 is 3.25. The Balaban J connectivity index is 0.000000228. The van der Waals surface area contributed by atoms with Crippen LogP contribution >= 0.6 is 15.9 Å². The maximum absolute atomic E-state index is 5.93. The Kier molecular flexibility index (Phi) is 5.89. The van der Waals surface area contributed by atoms with Gasteiger partial charge in [-0.05, 0) is 57.5 Å². The van der Waals surface area contributed by atoms with Crippen molar-refractivity contribution in [3.05, 3.63) is 28.3 Å². The second kappa shape index (κ2) is 7.46. The minimum absolute atomic E-state index is 0.266. The van der Waals surface area contributed by atoms with E-state index in [-0.39, 0.29) is 17.2 Å². The first-order valence-electron chi connectivity index (χ1n) is 8.12. The van der Waals surface area contributed by atoms with Crippen molar-refractivity contribution in [2.45, 2.75) is 52.7 Å². The molecule has 1 saturated heterocycles. The Bertz CT molecular complexity index is 786. The molecule has 26 heavy (non-hydrogen) atoms. The number of nitrogen functional groups attached to an aromatic ring is 2. The summed E-state index contributed by atoms with van der Waals surface area (Å²) in [5.41, 5.74) is 12.6. The van der Waals surface area contributed by atoms with Crippen molar-refractivity contribution in [1.82, 2.24) is 19.9 Å².